The highest BCUT2D eigenvalue weighted by Gasteiger charge is 2.22. The SMILES string of the molecule is COC(=O)c1cc(C(=CCCCC(=O)O)c2cc(Br)c(OC)c(C(=O)OC)c2)cc(Br)c1OC. The van der Waals surface area contributed by atoms with Gasteiger partial charge >= 0.3 is 17.9 Å². The molecule has 0 saturated heterocycles. The molecule has 0 aliphatic carbocycles. The number of carbonyl (C=O) groups is 3. The van der Waals surface area contributed by atoms with Gasteiger partial charge in [0.2, 0.25) is 0 Å². The van der Waals surface area contributed by atoms with Gasteiger partial charge in [0.1, 0.15) is 22.6 Å². The first-order valence-corrected chi connectivity index (χ1v) is 11.6. The Morgan fingerprint density at radius 1 is 0.824 bits per heavy atom. The summed E-state index contributed by atoms with van der Waals surface area (Å²) in [5.74, 6) is -1.44. The normalized spacial score (nSPS) is 10.3. The van der Waals surface area contributed by atoms with Gasteiger partial charge in [0, 0.05) is 6.42 Å². The number of allylic oxidation sites excluding steroid dienone is 1. The number of aliphatic carboxylic acids is 1. The molecule has 0 bridgehead atoms. The zero-order valence-electron chi connectivity index (χ0n) is 19.1. The molecule has 2 rings (SSSR count). The summed E-state index contributed by atoms with van der Waals surface area (Å²) in [5, 5.41) is 8.99. The van der Waals surface area contributed by atoms with E-state index in [1.54, 1.807) is 24.3 Å². The summed E-state index contributed by atoms with van der Waals surface area (Å²) in [7, 11) is 5.43. The lowest BCUT2D eigenvalue weighted by molar-refractivity contribution is -0.137. The summed E-state index contributed by atoms with van der Waals surface area (Å²) in [6.45, 7) is 0. The molecule has 2 aromatic rings. The molecule has 2 aromatic carbocycles. The second-order valence-corrected chi connectivity index (χ2v) is 8.67. The number of rotatable bonds is 10. The van der Waals surface area contributed by atoms with Crippen molar-refractivity contribution in [3.63, 3.8) is 0 Å². The Hall–Kier alpha value is -2.85. The summed E-state index contributed by atoms with van der Waals surface area (Å²) in [6.07, 6.45) is 2.70. The number of benzene rings is 2. The second-order valence-electron chi connectivity index (χ2n) is 6.96. The van der Waals surface area contributed by atoms with Crippen LogP contribution in [-0.4, -0.2) is 51.5 Å². The molecule has 34 heavy (non-hydrogen) atoms. The van der Waals surface area contributed by atoms with Crippen LogP contribution < -0.4 is 9.47 Å². The third-order valence-corrected chi connectivity index (χ3v) is 6.05. The van der Waals surface area contributed by atoms with Gasteiger partial charge in [-0.25, -0.2) is 9.59 Å². The quantitative estimate of drug-likeness (QED) is 0.282. The smallest absolute Gasteiger partial charge is 0.341 e. The molecule has 0 aliphatic heterocycles. The molecule has 0 aliphatic rings. The molecule has 0 heterocycles. The predicted molar refractivity (Wildman–Crippen MR) is 133 cm³/mol. The second kappa shape index (κ2) is 12.6. The van der Waals surface area contributed by atoms with E-state index in [1.165, 1.54) is 28.4 Å². The van der Waals surface area contributed by atoms with E-state index in [0.717, 1.165) is 0 Å². The van der Waals surface area contributed by atoms with Crippen LogP contribution in [0, 0.1) is 0 Å². The minimum absolute atomic E-state index is 0.00319. The number of hydrogen-bond acceptors (Lipinski definition) is 7. The van der Waals surface area contributed by atoms with Crippen LogP contribution in [0.25, 0.3) is 5.57 Å². The zero-order chi connectivity index (χ0) is 25.4. The van der Waals surface area contributed by atoms with E-state index < -0.39 is 17.9 Å². The van der Waals surface area contributed by atoms with E-state index >= 15 is 0 Å². The number of carboxylic acid groups (broad SMARTS) is 1. The van der Waals surface area contributed by atoms with Gasteiger partial charge in [0.15, 0.2) is 0 Å². The highest BCUT2D eigenvalue weighted by molar-refractivity contribution is 9.11. The number of hydrogen-bond donors (Lipinski definition) is 1. The Morgan fingerprint density at radius 3 is 1.62 bits per heavy atom. The van der Waals surface area contributed by atoms with Crippen molar-refractivity contribution in [2.75, 3.05) is 28.4 Å². The fourth-order valence-corrected chi connectivity index (χ4v) is 4.58. The van der Waals surface area contributed by atoms with Crippen molar-refractivity contribution in [2.24, 2.45) is 0 Å². The predicted octanol–water partition coefficient (Wildman–Crippen LogP) is 5.49. The molecular weight excluding hydrogens is 576 g/mol. The largest absolute Gasteiger partial charge is 0.495 e. The zero-order valence-corrected chi connectivity index (χ0v) is 22.2. The first-order valence-electron chi connectivity index (χ1n) is 10.0. The van der Waals surface area contributed by atoms with Crippen molar-refractivity contribution >= 4 is 55.3 Å². The molecule has 8 nitrogen and oxygen atoms in total. The van der Waals surface area contributed by atoms with Crippen molar-refractivity contribution < 1.29 is 38.4 Å². The lowest BCUT2D eigenvalue weighted by atomic mass is 9.93. The molecule has 0 atom stereocenters. The minimum Gasteiger partial charge on any atom is -0.495 e. The van der Waals surface area contributed by atoms with Crippen molar-refractivity contribution in [1.82, 2.24) is 0 Å². The van der Waals surface area contributed by atoms with Gasteiger partial charge in [-0.15, -0.1) is 0 Å². The molecule has 0 saturated carbocycles. The fourth-order valence-electron chi connectivity index (χ4n) is 3.34. The number of halogens is 2. The average Bonchev–Trinajstić information content (AvgIpc) is 2.81. The molecule has 0 spiro atoms. The topological polar surface area (TPSA) is 108 Å². The Balaban J connectivity index is 2.76. The number of unbranched alkanes of at least 4 members (excludes halogenated alkanes) is 1. The van der Waals surface area contributed by atoms with Crippen LogP contribution in [0.4, 0.5) is 0 Å². The summed E-state index contributed by atoms with van der Waals surface area (Å²) in [4.78, 5) is 35.8. The van der Waals surface area contributed by atoms with Gasteiger partial charge in [0.25, 0.3) is 0 Å². The summed E-state index contributed by atoms with van der Waals surface area (Å²) >= 11 is 6.89. The van der Waals surface area contributed by atoms with E-state index in [2.05, 4.69) is 31.9 Å². The lowest BCUT2D eigenvalue weighted by Crippen LogP contribution is -2.07. The van der Waals surface area contributed by atoms with Crippen molar-refractivity contribution in [3.8, 4) is 11.5 Å². The van der Waals surface area contributed by atoms with E-state index in [4.69, 9.17) is 24.1 Å². The third kappa shape index (κ3) is 6.38. The Labute approximate surface area is 214 Å². The molecule has 1 N–H and O–H groups in total. The Morgan fingerprint density at radius 2 is 1.26 bits per heavy atom. The summed E-state index contributed by atoms with van der Waals surface area (Å²) in [5.41, 5.74) is 2.30. The van der Waals surface area contributed by atoms with Crippen LogP contribution in [0.2, 0.25) is 0 Å². The average molecular weight is 600 g/mol. The molecule has 10 heteroatoms. The number of esters is 2. The summed E-state index contributed by atoms with van der Waals surface area (Å²) in [6, 6.07) is 6.78. The minimum atomic E-state index is -0.893. The maximum atomic E-state index is 12.4. The number of carboxylic acids is 1. The Kier molecular flexibility index (Phi) is 10.1. The van der Waals surface area contributed by atoms with Gasteiger partial charge in [-0.1, -0.05) is 6.08 Å². The van der Waals surface area contributed by atoms with Crippen molar-refractivity contribution in [2.45, 2.75) is 19.3 Å². The van der Waals surface area contributed by atoms with Crippen LogP contribution in [0.1, 0.15) is 51.1 Å². The number of methoxy groups -OCH3 is 4. The fraction of sp³-hybridized carbons (Fsp3) is 0.292. The standard InChI is InChI=1S/C24H24Br2O8/c1-31-21-16(23(29)33-3)9-13(11-18(21)25)15(7-5-6-8-20(27)28)14-10-17(24(30)34-4)22(32-2)19(26)12-14/h7,9-12H,5-6,8H2,1-4H3,(H,27,28). The van der Waals surface area contributed by atoms with Gasteiger partial charge in [-0.2, -0.15) is 0 Å². The highest BCUT2D eigenvalue weighted by Crippen LogP contribution is 2.39. The number of carbonyl (C=O) groups excluding carboxylic acids is 2. The van der Waals surface area contributed by atoms with E-state index in [1.807, 2.05) is 6.08 Å². The molecule has 0 fully saturated rings. The number of ether oxygens (including phenoxy) is 4. The van der Waals surface area contributed by atoms with E-state index in [0.29, 0.717) is 50.0 Å². The molecule has 0 aromatic heterocycles. The molecular formula is C24H24Br2O8. The highest BCUT2D eigenvalue weighted by atomic mass is 79.9. The monoisotopic (exact) mass is 598 g/mol. The maximum Gasteiger partial charge on any atom is 0.341 e. The molecule has 0 radical (unpaired) electrons. The van der Waals surface area contributed by atoms with Crippen LogP contribution in [0.3, 0.4) is 0 Å². The first kappa shape index (κ1) is 27.4. The van der Waals surface area contributed by atoms with Crippen LogP contribution >= 0.6 is 31.9 Å². The van der Waals surface area contributed by atoms with Crippen LogP contribution in [0.5, 0.6) is 11.5 Å². The van der Waals surface area contributed by atoms with Gasteiger partial charge in [-0.3, -0.25) is 4.79 Å². The van der Waals surface area contributed by atoms with E-state index in [9.17, 15) is 14.4 Å². The lowest BCUT2D eigenvalue weighted by Gasteiger charge is -2.17. The van der Waals surface area contributed by atoms with Crippen molar-refractivity contribution in [3.05, 3.63) is 61.5 Å². The Bertz CT molecular complexity index is 1050. The van der Waals surface area contributed by atoms with Crippen LogP contribution in [-0.2, 0) is 14.3 Å². The first-order chi connectivity index (χ1) is 16.2. The molecule has 0 amide bonds. The van der Waals surface area contributed by atoms with Gasteiger partial charge < -0.3 is 24.1 Å². The summed E-state index contributed by atoms with van der Waals surface area (Å²) < 4.78 is 21.6. The third-order valence-electron chi connectivity index (χ3n) is 4.87. The van der Waals surface area contributed by atoms with Crippen LogP contribution in [0.15, 0.2) is 39.3 Å². The van der Waals surface area contributed by atoms with Crippen molar-refractivity contribution in [1.29, 1.82) is 0 Å². The molecule has 182 valence electrons. The van der Waals surface area contributed by atoms with E-state index in [-0.39, 0.29) is 17.5 Å². The van der Waals surface area contributed by atoms with Gasteiger partial charge in [0.05, 0.1) is 37.4 Å². The maximum absolute atomic E-state index is 12.4. The molecule has 0 unspecified atom stereocenters. The van der Waals surface area contributed by atoms with Gasteiger partial charge in [-0.05, 0) is 85.7 Å².